The van der Waals surface area contributed by atoms with Gasteiger partial charge in [0.15, 0.2) is 22.5 Å². The summed E-state index contributed by atoms with van der Waals surface area (Å²) in [7, 11) is 35.2. The summed E-state index contributed by atoms with van der Waals surface area (Å²) in [5.74, 6) is 0. The highest BCUT2D eigenvalue weighted by molar-refractivity contribution is 8.16. The second-order valence-electron chi connectivity index (χ2n) is 12.3. The van der Waals surface area contributed by atoms with Gasteiger partial charge in [0.25, 0.3) is 6.49 Å². The summed E-state index contributed by atoms with van der Waals surface area (Å²) < 4.78 is 47.0. The first-order chi connectivity index (χ1) is 19.2. The molecule has 0 amide bonds. The summed E-state index contributed by atoms with van der Waals surface area (Å²) in [6.07, 6.45) is 0. The van der Waals surface area contributed by atoms with Crippen molar-refractivity contribution in [2.24, 2.45) is 18.1 Å². The van der Waals surface area contributed by atoms with Crippen molar-refractivity contribution in [1.82, 2.24) is 51.4 Å². The molecule has 0 radical (unpaired) electrons. The van der Waals surface area contributed by atoms with Gasteiger partial charge in [0.1, 0.15) is 0 Å². The predicted molar refractivity (Wildman–Crippen MR) is 202 cm³/mol. The van der Waals surface area contributed by atoms with Gasteiger partial charge in [-0.25, -0.2) is 9.34 Å². The first-order valence-corrected chi connectivity index (χ1v) is 22.9. The van der Waals surface area contributed by atoms with Crippen LogP contribution < -0.4 is 0 Å². The molecular formula is C22H66N15P5S. The number of hydrogen-bond donors (Lipinski definition) is 0. The van der Waals surface area contributed by atoms with Gasteiger partial charge in [0.2, 0.25) is 7.51 Å². The predicted octanol–water partition coefficient (Wildman–Crippen LogP) is 5.17. The molecule has 15 nitrogen and oxygen atoms in total. The maximum absolute atomic E-state index is 6.78. The van der Waals surface area contributed by atoms with E-state index in [2.05, 4.69) is 206 Å². The molecule has 0 spiro atoms. The normalized spacial score (nSPS) is 14.8. The average Bonchev–Trinajstić information content (AvgIpc) is 2.81. The van der Waals surface area contributed by atoms with Crippen LogP contribution in [0.25, 0.3) is 0 Å². The van der Waals surface area contributed by atoms with Gasteiger partial charge >= 0.3 is 0 Å². The fraction of sp³-hybridized carbons (Fsp3) is 1.00. The first-order valence-electron chi connectivity index (χ1n) is 13.8. The lowest BCUT2D eigenvalue weighted by atomic mass is 11.2. The number of hydrogen-bond acceptors (Lipinski definition) is 1. The molecule has 0 unspecified atom stereocenters. The van der Waals surface area contributed by atoms with Gasteiger partial charge in [-0.15, -0.1) is 0 Å². The van der Waals surface area contributed by atoms with Crippen LogP contribution in [0.2, 0.25) is 0 Å². The summed E-state index contributed by atoms with van der Waals surface area (Å²) in [6, 6.07) is 0. The van der Waals surface area contributed by atoms with Crippen molar-refractivity contribution >= 4 is 48.3 Å². The summed E-state index contributed by atoms with van der Waals surface area (Å²) >= 11 is 6.78. The Bertz CT molecular complexity index is 1040. The fourth-order valence-electron chi connectivity index (χ4n) is 5.32. The van der Waals surface area contributed by atoms with Crippen LogP contribution in [0.15, 0.2) is 18.1 Å². The fourth-order valence-corrected chi connectivity index (χ4v) is 30.3. The van der Waals surface area contributed by atoms with Crippen LogP contribution in [0.1, 0.15) is 0 Å². The summed E-state index contributed by atoms with van der Waals surface area (Å²) in [5, 5.41) is 0. The van der Waals surface area contributed by atoms with Crippen molar-refractivity contribution in [3.63, 3.8) is 0 Å². The molecule has 0 bridgehead atoms. The lowest BCUT2D eigenvalue weighted by molar-refractivity contribution is 0.472. The zero-order valence-electron chi connectivity index (χ0n) is 31.4. The maximum Gasteiger partial charge on any atom is 0.281 e. The Labute approximate surface area is 272 Å². The minimum absolute atomic E-state index is 2.05. The zero-order valence-corrected chi connectivity index (χ0v) is 36.6. The summed E-state index contributed by atoms with van der Waals surface area (Å²) in [6.45, 7) is -3.30. The van der Waals surface area contributed by atoms with E-state index in [1.807, 2.05) is 0 Å². The molecule has 0 heterocycles. The molecule has 21 heteroatoms. The molecule has 43 heavy (non-hydrogen) atoms. The van der Waals surface area contributed by atoms with Crippen molar-refractivity contribution < 1.29 is 0 Å². The van der Waals surface area contributed by atoms with Crippen LogP contribution in [-0.4, -0.2) is 206 Å². The molecule has 260 valence electrons. The molecule has 0 atom stereocenters. The quantitative estimate of drug-likeness (QED) is 0.209. The average molecular weight is 728 g/mol. The Hall–Kier alpha value is 1.13. The van der Waals surface area contributed by atoms with Gasteiger partial charge in [-0.05, 0) is 167 Å². The molecule has 0 saturated carbocycles. The Balaban J connectivity index is 9.40. The Morgan fingerprint density at radius 1 is 0.279 bits per heavy atom. The van der Waals surface area contributed by atoms with Gasteiger partial charge in [0, 0.05) is 0 Å². The largest absolute Gasteiger partial charge is 0.281 e. The van der Waals surface area contributed by atoms with Crippen molar-refractivity contribution in [1.29, 1.82) is 0 Å². The second kappa shape index (κ2) is 16.5. The van der Waals surface area contributed by atoms with E-state index in [1.165, 1.54) is 0 Å². The van der Waals surface area contributed by atoms with Crippen molar-refractivity contribution in [2.45, 2.75) is 0 Å². The maximum atomic E-state index is 6.78. The third kappa shape index (κ3) is 8.79. The molecule has 0 N–H and O–H groups in total. The van der Waals surface area contributed by atoms with E-state index in [1.54, 1.807) is 0 Å². The number of nitrogens with zero attached hydrogens (tertiary/aromatic N) is 15. The molecule has 0 aliphatic heterocycles. The van der Waals surface area contributed by atoms with E-state index in [4.69, 9.17) is 29.9 Å². The van der Waals surface area contributed by atoms with E-state index < -0.39 is 36.5 Å². The first kappa shape index (κ1) is 44.1. The topological polar surface area (TPSA) is 85.1 Å². The highest BCUT2D eigenvalue weighted by Crippen LogP contribution is 2.78. The highest BCUT2D eigenvalue weighted by Gasteiger charge is 2.41. The molecule has 0 fully saturated rings. The summed E-state index contributed by atoms with van der Waals surface area (Å²) in [5.41, 5.74) is 0. The third-order valence-electron chi connectivity index (χ3n) is 6.85. The standard InChI is InChI=1S/C22H66N15P5S/c1-27(2)39(28(3)4,26-42(35(17)18,36(19)20)37(21)22)23-38(43,24-40(29(5)6,30(7)8)31(9)10)25-41(32(11)12,33(13)14)34(15)16/h1-22H3. The van der Waals surface area contributed by atoms with Crippen LogP contribution in [0.4, 0.5) is 0 Å². The molecule has 0 aromatic heterocycles. The van der Waals surface area contributed by atoms with Gasteiger partial charge in [-0.3, -0.25) is 42.0 Å². The summed E-state index contributed by atoms with van der Waals surface area (Å²) in [4.78, 5) is 0. The highest BCUT2D eigenvalue weighted by atomic mass is 32.4. The minimum Gasteiger partial charge on any atom is -0.252 e. The molecule has 0 aromatic carbocycles. The smallest absolute Gasteiger partial charge is 0.252 e. The van der Waals surface area contributed by atoms with Crippen LogP contribution >= 0.6 is 36.5 Å². The van der Waals surface area contributed by atoms with Gasteiger partial charge in [-0.1, -0.05) is 0 Å². The molecule has 0 rings (SSSR count). The van der Waals surface area contributed by atoms with E-state index in [-0.39, 0.29) is 0 Å². The van der Waals surface area contributed by atoms with Crippen molar-refractivity contribution in [3.8, 4) is 0 Å². The number of rotatable bonds is 15. The monoisotopic (exact) mass is 727 g/mol. The lowest BCUT2D eigenvalue weighted by Gasteiger charge is -2.46. The van der Waals surface area contributed by atoms with Crippen molar-refractivity contribution in [2.75, 3.05) is 155 Å². The van der Waals surface area contributed by atoms with E-state index in [0.29, 0.717) is 0 Å². The van der Waals surface area contributed by atoms with Gasteiger partial charge in [0.05, 0.1) is 0 Å². The SMILES string of the molecule is CN(C)P(=NP(=S)(N=P(N(C)C)(N(C)C)N(C)C)N=P(N(C)C)(N(C)C)N(C)C)(N=P(N(C)C)(N(C)C)N(C)C)N(C)C. The molecule has 0 aliphatic rings. The van der Waals surface area contributed by atoms with Crippen LogP contribution in [0, 0.1) is 0 Å². The lowest BCUT2D eigenvalue weighted by Crippen LogP contribution is -2.32. The third-order valence-corrected chi connectivity index (χ3v) is 28.2. The Kier molecular flexibility index (Phi) is 16.9. The Morgan fingerprint density at radius 2 is 0.465 bits per heavy atom. The van der Waals surface area contributed by atoms with Gasteiger partial charge in [-0.2, -0.15) is 18.1 Å². The van der Waals surface area contributed by atoms with Crippen molar-refractivity contribution in [3.05, 3.63) is 0 Å². The van der Waals surface area contributed by atoms with Gasteiger partial charge < -0.3 is 0 Å². The zero-order chi connectivity index (χ0) is 34.7. The van der Waals surface area contributed by atoms with Crippen LogP contribution in [0.3, 0.4) is 0 Å². The molecular weight excluding hydrogens is 661 g/mol. The minimum atomic E-state index is -3.30. The molecule has 0 saturated heterocycles. The van der Waals surface area contributed by atoms with E-state index in [0.717, 1.165) is 0 Å². The van der Waals surface area contributed by atoms with E-state index in [9.17, 15) is 0 Å². The van der Waals surface area contributed by atoms with Crippen LogP contribution in [-0.2, 0) is 11.8 Å². The van der Waals surface area contributed by atoms with E-state index >= 15 is 0 Å². The molecule has 0 aromatic rings. The Morgan fingerprint density at radius 3 is 0.628 bits per heavy atom. The second-order valence-corrected chi connectivity index (χ2v) is 30.8. The van der Waals surface area contributed by atoms with Crippen LogP contribution in [0.5, 0.6) is 0 Å². The molecule has 0 aliphatic carbocycles.